The molecule has 5 heteroatoms. The number of carbonyl (C=O) groups excluding carboxylic acids is 1. The number of rotatable bonds is 3. The summed E-state index contributed by atoms with van der Waals surface area (Å²) in [5.41, 5.74) is 6.98. The minimum absolute atomic E-state index is 0.0123. The molecule has 0 saturated carbocycles. The summed E-state index contributed by atoms with van der Waals surface area (Å²) in [7, 11) is 0. The molecule has 0 aromatic heterocycles. The largest absolute Gasteiger partial charge is 0.397 e. The number of carbonyl (C=O) groups is 1. The van der Waals surface area contributed by atoms with Crippen LogP contribution < -0.4 is 11.1 Å². The average Bonchev–Trinajstić information content (AvgIpc) is 2.72. The van der Waals surface area contributed by atoms with Crippen molar-refractivity contribution in [2.24, 2.45) is 0 Å². The third-order valence-corrected chi connectivity index (χ3v) is 4.42. The first-order valence-electron chi connectivity index (χ1n) is 6.94. The Labute approximate surface area is 125 Å². The zero-order chi connectivity index (χ0) is 14.9. The van der Waals surface area contributed by atoms with Crippen LogP contribution in [0, 0.1) is 0 Å². The molecule has 0 aliphatic carbocycles. The molecule has 20 heavy (non-hydrogen) atoms. The van der Waals surface area contributed by atoms with Crippen molar-refractivity contribution in [2.45, 2.75) is 45.2 Å². The van der Waals surface area contributed by atoms with Crippen molar-refractivity contribution >= 4 is 28.9 Å². The van der Waals surface area contributed by atoms with Crippen LogP contribution in [0.15, 0.2) is 18.2 Å². The number of amides is 1. The van der Waals surface area contributed by atoms with Crippen LogP contribution in [0.3, 0.4) is 0 Å². The zero-order valence-corrected chi connectivity index (χ0v) is 13.0. The van der Waals surface area contributed by atoms with E-state index in [0.717, 1.165) is 19.4 Å². The Morgan fingerprint density at radius 1 is 1.50 bits per heavy atom. The number of halogens is 1. The predicted octanol–water partition coefficient (Wildman–Crippen LogP) is 3.12. The Balaban J connectivity index is 2.06. The number of anilines is 2. The van der Waals surface area contributed by atoms with Gasteiger partial charge in [0, 0.05) is 11.2 Å². The summed E-state index contributed by atoms with van der Waals surface area (Å²) in [6.07, 6.45) is 2.26. The number of nitrogens with one attached hydrogen (secondary N) is 1. The number of likely N-dealkylation sites (tertiary alicyclic amines) is 1. The monoisotopic (exact) mass is 295 g/mol. The minimum Gasteiger partial charge on any atom is -0.397 e. The Morgan fingerprint density at radius 3 is 2.75 bits per heavy atom. The van der Waals surface area contributed by atoms with Crippen molar-refractivity contribution in [3.05, 3.63) is 23.2 Å². The lowest BCUT2D eigenvalue weighted by Gasteiger charge is -2.35. The highest BCUT2D eigenvalue weighted by molar-refractivity contribution is 6.33. The van der Waals surface area contributed by atoms with Crippen LogP contribution >= 0.6 is 11.6 Å². The number of nitrogens with two attached hydrogens (primary N) is 1. The lowest BCUT2D eigenvalue weighted by atomic mass is 10.0. The minimum atomic E-state index is -0.163. The van der Waals surface area contributed by atoms with Crippen LogP contribution in [0.5, 0.6) is 0 Å². The molecule has 110 valence electrons. The molecule has 1 aliphatic rings. The summed E-state index contributed by atoms with van der Waals surface area (Å²) in [5.74, 6) is -0.0123. The second kappa shape index (κ2) is 5.62. The van der Waals surface area contributed by atoms with Gasteiger partial charge in [-0.2, -0.15) is 0 Å². The summed E-state index contributed by atoms with van der Waals surface area (Å²) in [5, 5.41) is 3.40. The van der Waals surface area contributed by atoms with E-state index in [1.54, 1.807) is 18.2 Å². The predicted molar refractivity (Wildman–Crippen MR) is 84.0 cm³/mol. The van der Waals surface area contributed by atoms with E-state index >= 15 is 0 Å². The quantitative estimate of drug-likeness (QED) is 0.842. The van der Waals surface area contributed by atoms with Gasteiger partial charge in [-0.05, 0) is 58.4 Å². The molecule has 4 nitrogen and oxygen atoms in total. The van der Waals surface area contributed by atoms with Crippen molar-refractivity contribution < 1.29 is 4.79 Å². The number of hydrogen-bond donors (Lipinski definition) is 2. The van der Waals surface area contributed by atoms with Gasteiger partial charge in [0.2, 0.25) is 5.91 Å². The van der Waals surface area contributed by atoms with Gasteiger partial charge in [-0.15, -0.1) is 0 Å². The van der Waals surface area contributed by atoms with Crippen molar-refractivity contribution in [2.75, 3.05) is 17.6 Å². The summed E-state index contributed by atoms with van der Waals surface area (Å²) in [4.78, 5) is 14.6. The third kappa shape index (κ3) is 3.07. The van der Waals surface area contributed by atoms with Crippen molar-refractivity contribution in [3.63, 3.8) is 0 Å². The van der Waals surface area contributed by atoms with Crippen LogP contribution in [0.4, 0.5) is 11.4 Å². The number of benzene rings is 1. The van der Waals surface area contributed by atoms with Gasteiger partial charge in [0.25, 0.3) is 0 Å². The van der Waals surface area contributed by atoms with Crippen LogP contribution in [0.25, 0.3) is 0 Å². The van der Waals surface area contributed by atoms with E-state index in [0.29, 0.717) is 16.4 Å². The maximum atomic E-state index is 12.4. The molecule has 0 spiro atoms. The van der Waals surface area contributed by atoms with Crippen molar-refractivity contribution in [1.29, 1.82) is 0 Å². The van der Waals surface area contributed by atoms with Gasteiger partial charge >= 0.3 is 0 Å². The highest BCUT2D eigenvalue weighted by Gasteiger charge is 2.37. The maximum absolute atomic E-state index is 12.4. The zero-order valence-electron chi connectivity index (χ0n) is 12.2. The number of nitrogen functional groups attached to an aromatic ring is 1. The van der Waals surface area contributed by atoms with Gasteiger partial charge in [0.1, 0.15) is 0 Å². The molecule has 1 aromatic rings. The highest BCUT2D eigenvalue weighted by Crippen LogP contribution is 2.30. The van der Waals surface area contributed by atoms with Gasteiger partial charge in [0.05, 0.1) is 16.8 Å². The first kappa shape index (κ1) is 15.1. The maximum Gasteiger partial charge on any atom is 0.241 e. The fraction of sp³-hybridized carbons (Fsp3) is 0.533. The summed E-state index contributed by atoms with van der Waals surface area (Å²) >= 11 is 5.87. The Morgan fingerprint density at radius 2 is 2.20 bits per heavy atom. The SMILES string of the molecule is CC(C(=O)Nc1ccc(Cl)c(N)c1)N1CCCC1(C)C. The molecule has 2 rings (SSSR count). The van der Waals surface area contributed by atoms with Gasteiger partial charge in [-0.25, -0.2) is 0 Å². The highest BCUT2D eigenvalue weighted by atomic mass is 35.5. The van der Waals surface area contributed by atoms with Gasteiger partial charge in [0.15, 0.2) is 0 Å². The van der Waals surface area contributed by atoms with Crippen LogP contribution in [0.1, 0.15) is 33.6 Å². The van der Waals surface area contributed by atoms with Gasteiger partial charge in [-0.3, -0.25) is 9.69 Å². The first-order chi connectivity index (χ1) is 9.31. The number of nitrogens with zero attached hydrogens (tertiary/aromatic N) is 1. The van der Waals surface area contributed by atoms with Crippen molar-refractivity contribution in [1.82, 2.24) is 4.90 Å². The molecule has 0 bridgehead atoms. The lowest BCUT2D eigenvalue weighted by molar-refractivity contribution is -0.122. The van der Waals surface area contributed by atoms with Gasteiger partial charge in [-0.1, -0.05) is 11.6 Å². The Kier molecular flexibility index (Phi) is 4.25. The van der Waals surface area contributed by atoms with E-state index < -0.39 is 0 Å². The average molecular weight is 296 g/mol. The molecule has 1 aliphatic heterocycles. The van der Waals surface area contributed by atoms with Crippen molar-refractivity contribution in [3.8, 4) is 0 Å². The summed E-state index contributed by atoms with van der Waals surface area (Å²) in [6.45, 7) is 7.28. The molecule has 0 radical (unpaired) electrons. The molecule has 1 fully saturated rings. The molecule has 1 saturated heterocycles. The third-order valence-electron chi connectivity index (χ3n) is 4.08. The lowest BCUT2D eigenvalue weighted by Crippen LogP contribution is -2.49. The fourth-order valence-corrected chi connectivity index (χ4v) is 2.97. The second-order valence-electron chi connectivity index (χ2n) is 6.01. The van der Waals surface area contributed by atoms with E-state index in [1.807, 2.05) is 6.92 Å². The van der Waals surface area contributed by atoms with E-state index in [9.17, 15) is 4.79 Å². The molecule has 1 heterocycles. The standard InChI is InChI=1S/C15H22ClN3O/c1-10(19-8-4-7-15(19,2)3)14(20)18-11-5-6-12(16)13(17)9-11/h5-6,9-10H,4,7-8,17H2,1-3H3,(H,18,20). The topological polar surface area (TPSA) is 58.4 Å². The summed E-state index contributed by atoms with van der Waals surface area (Å²) < 4.78 is 0. The van der Waals surface area contributed by atoms with Crippen LogP contribution in [0.2, 0.25) is 5.02 Å². The normalized spacial score (nSPS) is 19.8. The van der Waals surface area contributed by atoms with E-state index in [4.69, 9.17) is 17.3 Å². The molecular weight excluding hydrogens is 274 g/mol. The number of hydrogen-bond acceptors (Lipinski definition) is 3. The smallest absolute Gasteiger partial charge is 0.241 e. The fourth-order valence-electron chi connectivity index (χ4n) is 2.86. The molecule has 1 unspecified atom stereocenters. The Hall–Kier alpha value is -1.26. The van der Waals surface area contributed by atoms with Crippen LogP contribution in [-0.4, -0.2) is 28.9 Å². The molecule has 1 amide bonds. The van der Waals surface area contributed by atoms with Crippen LogP contribution in [-0.2, 0) is 4.79 Å². The first-order valence-corrected chi connectivity index (χ1v) is 7.32. The molecule has 1 aromatic carbocycles. The Bertz CT molecular complexity index is 516. The molecule has 3 N–H and O–H groups in total. The summed E-state index contributed by atoms with van der Waals surface area (Å²) in [6, 6.07) is 4.97. The molecule has 1 atom stereocenters. The van der Waals surface area contributed by atoms with E-state index in [2.05, 4.69) is 24.1 Å². The van der Waals surface area contributed by atoms with Gasteiger partial charge < -0.3 is 11.1 Å². The second-order valence-corrected chi connectivity index (χ2v) is 6.42. The van der Waals surface area contributed by atoms with E-state index in [-0.39, 0.29) is 17.5 Å². The van der Waals surface area contributed by atoms with E-state index in [1.165, 1.54) is 0 Å². The molecular formula is C15H22ClN3O.